The Balaban J connectivity index is 1.17. The maximum atomic E-state index is 6.78. The van der Waals surface area contributed by atoms with Gasteiger partial charge in [0.2, 0.25) is 0 Å². The molecule has 1 aliphatic heterocycles. The summed E-state index contributed by atoms with van der Waals surface area (Å²) in [6.45, 7) is 2.33. The van der Waals surface area contributed by atoms with Gasteiger partial charge >= 0.3 is 0 Å². The lowest BCUT2D eigenvalue weighted by Crippen LogP contribution is -2.45. The monoisotopic (exact) mass is 602 g/mol. The number of fused-ring (bicyclic) bond motifs is 12. The number of hydrogen-bond acceptors (Lipinski definition) is 3. The van der Waals surface area contributed by atoms with Gasteiger partial charge in [0.05, 0.1) is 22.1 Å². The first kappa shape index (κ1) is 26.4. The van der Waals surface area contributed by atoms with E-state index < -0.39 is 0 Å². The van der Waals surface area contributed by atoms with Crippen LogP contribution in [0.25, 0.3) is 55.3 Å². The number of nitrogens with zero attached hydrogens (tertiary/aromatic N) is 2. The van der Waals surface area contributed by atoms with Crippen molar-refractivity contribution in [2.75, 3.05) is 0 Å². The number of benzene rings is 5. The smallest absolute Gasteiger partial charge is 0.131 e. The predicted molar refractivity (Wildman–Crippen MR) is 190 cm³/mol. The van der Waals surface area contributed by atoms with E-state index in [1.54, 1.807) is 0 Å². The van der Waals surface area contributed by atoms with Gasteiger partial charge in [0.25, 0.3) is 0 Å². The first-order valence-electron chi connectivity index (χ1n) is 16.4. The molecule has 5 aromatic carbocycles. The van der Waals surface area contributed by atoms with Crippen molar-refractivity contribution < 1.29 is 4.74 Å². The normalized spacial score (nSPS) is 18.3. The summed E-state index contributed by atoms with van der Waals surface area (Å²) in [5, 5.41) is 2.19. The molecule has 3 nitrogen and oxygen atoms in total. The fraction of sp³-hybridized carbons (Fsp3) is 0.0909. The van der Waals surface area contributed by atoms with Crippen molar-refractivity contribution in [2.24, 2.45) is 11.8 Å². The van der Waals surface area contributed by atoms with E-state index in [0.29, 0.717) is 5.92 Å². The maximum Gasteiger partial charge on any atom is 0.131 e. The van der Waals surface area contributed by atoms with E-state index in [0.717, 1.165) is 55.7 Å². The van der Waals surface area contributed by atoms with Gasteiger partial charge in [-0.15, -0.1) is 0 Å². The summed E-state index contributed by atoms with van der Waals surface area (Å²) in [7, 11) is 0. The minimum atomic E-state index is -0.377. The topological polar surface area (TPSA) is 35.0 Å². The van der Waals surface area contributed by atoms with Crippen molar-refractivity contribution in [2.45, 2.75) is 12.3 Å². The van der Waals surface area contributed by atoms with E-state index in [2.05, 4.69) is 151 Å². The molecule has 0 bridgehead atoms. The summed E-state index contributed by atoms with van der Waals surface area (Å²) < 4.78 is 6.78. The van der Waals surface area contributed by atoms with Crippen LogP contribution in [0.5, 0.6) is 5.75 Å². The van der Waals surface area contributed by atoms with Crippen molar-refractivity contribution >= 4 is 21.8 Å². The SMILES string of the molecule is CC1C=CC=C2Oc3ccc(-c4cccc(-c5ccc6ccc7cccnc7c6n5)c4)cc3C3(c4ccccc4-c4ccccc43)C21. The highest BCUT2D eigenvalue weighted by Gasteiger charge is 2.56. The van der Waals surface area contributed by atoms with Crippen LogP contribution in [0.2, 0.25) is 0 Å². The van der Waals surface area contributed by atoms with Crippen LogP contribution in [-0.4, -0.2) is 9.97 Å². The second-order valence-electron chi connectivity index (χ2n) is 13.0. The third-order valence-electron chi connectivity index (χ3n) is 10.5. The Hall–Kier alpha value is -5.80. The van der Waals surface area contributed by atoms with Crippen LogP contribution in [0.3, 0.4) is 0 Å². The largest absolute Gasteiger partial charge is 0.461 e. The molecule has 2 aromatic heterocycles. The van der Waals surface area contributed by atoms with E-state index >= 15 is 0 Å². The van der Waals surface area contributed by atoms with Crippen LogP contribution in [-0.2, 0) is 5.41 Å². The highest BCUT2D eigenvalue weighted by atomic mass is 16.5. The summed E-state index contributed by atoms with van der Waals surface area (Å²) in [4.78, 5) is 9.81. The van der Waals surface area contributed by atoms with E-state index in [4.69, 9.17) is 9.72 Å². The van der Waals surface area contributed by atoms with E-state index in [9.17, 15) is 0 Å². The van der Waals surface area contributed by atoms with Gasteiger partial charge in [0, 0.05) is 34.0 Å². The van der Waals surface area contributed by atoms with Crippen LogP contribution in [0.15, 0.2) is 158 Å². The molecule has 0 amide bonds. The van der Waals surface area contributed by atoms with Crippen molar-refractivity contribution in [1.29, 1.82) is 0 Å². The van der Waals surface area contributed by atoms with Gasteiger partial charge in [0.15, 0.2) is 0 Å². The number of hydrogen-bond donors (Lipinski definition) is 0. The molecule has 2 aliphatic carbocycles. The zero-order valence-electron chi connectivity index (χ0n) is 25.9. The molecule has 3 heterocycles. The van der Waals surface area contributed by atoms with Crippen LogP contribution in [0.4, 0.5) is 0 Å². The fourth-order valence-electron chi connectivity index (χ4n) is 8.54. The molecule has 2 unspecified atom stereocenters. The first-order chi connectivity index (χ1) is 23.2. The molecule has 2 atom stereocenters. The molecule has 7 aromatic rings. The van der Waals surface area contributed by atoms with Crippen LogP contribution in [0, 0.1) is 11.8 Å². The van der Waals surface area contributed by atoms with Gasteiger partial charge in [-0.25, -0.2) is 4.98 Å². The van der Waals surface area contributed by atoms with E-state index in [1.165, 1.54) is 27.8 Å². The lowest BCUT2D eigenvalue weighted by molar-refractivity contribution is 0.216. The number of pyridine rings is 2. The van der Waals surface area contributed by atoms with Crippen molar-refractivity contribution in [1.82, 2.24) is 9.97 Å². The molecular formula is C44H30N2O. The molecule has 10 rings (SSSR count). The molecule has 0 radical (unpaired) electrons. The second-order valence-corrected chi connectivity index (χ2v) is 13.0. The lowest BCUT2D eigenvalue weighted by Gasteiger charge is -2.48. The number of ether oxygens (including phenoxy) is 1. The average Bonchev–Trinajstić information content (AvgIpc) is 3.42. The summed E-state index contributed by atoms with van der Waals surface area (Å²) in [6, 6.07) is 46.0. The molecule has 222 valence electrons. The fourth-order valence-corrected chi connectivity index (χ4v) is 8.54. The maximum absolute atomic E-state index is 6.78. The van der Waals surface area contributed by atoms with Crippen LogP contribution in [0.1, 0.15) is 23.6 Å². The quantitative estimate of drug-likeness (QED) is 0.185. The Labute approximate surface area is 273 Å². The van der Waals surface area contributed by atoms with Crippen molar-refractivity contribution in [3.05, 3.63) is 174 Å². The third-order valence-corrected chi connectivity index (χ3v) is 10.5. The molecule has 47 heavy (non-hydrogen) atoms. The van der Waals surface area contributed by atoms with Gasteiger partial charge in [0.1, 0.15) is 11.5 Å². The first-order valence-corrected chi connectivity index (χ1v) is 16.4. The van der Waals surface area contributed by atoms with Gasteiger partial charge < -0.3 is 4.74 Å². The second kappa shape index (κ2) is 9.85. The standard InChI is InChI=1S/C44H30N2O/c1-27-9-6-17-40-41(27)44(35-15-4-2-13-33(35)34-14-3-5-16-36(34)44)37-26-31(21-23-39(37)47-40)30-10-7-11-32(25-30)38-22-20-29-19-18-28-12-8-24-45-42(28)43(29)46-38/h2-27,41H,1H3. The Morgan fingerprint density at radius 3 is 2.17 bits per heavy atom. The average molecular weight is 603 g/mol. The number of aromatic nitrogens is 2. The Morgan fingerprint density at radius 1 is 0.617 bits per heavy atom. The molecule has 0 N–H and O–H groups in total. The van der Waals surface area contributed by atoms with E-state index in [1.807, 2.05) is 12.3 Å². The Kier molecular flexibility index (Phi) is 5.54. The minimum Gasteiger partial charge on any atom is -0.461 e. The highest BCUT2D eigenvalue weighted by Crippen LogP contribution is 2.64. The molecule has 1 spiro atoms. The highest BCUT2D eigenvalue weighted by molar-refractivity contribution is 6.03. The van der Waals surface area contributed by atoms with E-state index in [-0.39, 0.29) is 11.3 Å². The lowest BCUT2D eigenvalue weighted by atomic mass is 9.57. The summed E-state index contributed by atoms with van der Waals surface area (Å²) >= 11 is 0. The molecule has 3 heteroatoms. The molecule has 3 aliphatic rings. The van der Waals surface area contributed by atoms with Gasteiger partial charge in [-0.2, -0.15) is 0 Å². The zero-order valence-corrected chi connectivity index (χ0v) is 25.9. The van der Waals surface area contributed by atoms with Crippen LogP contribution < -0.4 is 4.74 Å². The molecule has 0 saturated carbocycles. The third kappa shape index (κ3) is 3.68. The number of rotatable bonds is 2. The Morgan fingerprint density at radius 2 is 1.34 bits per heavy atom. The van der Waals surface area contributed by atoms with Gasteiger partial charge in [-0.1, -0.05) is 116 Å². The minimum absolute atomic E-state index is 0.136. The van der Waals surface area contributed by atoms with Gasteiger partial charge in [-0.3, -0.25) is 4.98 Å². The molecule has 0 saturated heterocycles. The van der Waals surface area contributed by atoms with Crippen LogP contribution >= 0.6 is 0 Å². The summed E-state index contributed by atoms with van der Waals surface area (Å²) in [6.07, 6.45) is 8.50. The molecular weight excluding hydrogens is 572 g/mol. The Bertz CT molecular complexity index is 2440. The van der Waals surface area contributed by atoms with Gasteiger partial charge in [-0.05, 0) is 75.7 Å². The van der Waals surface area contributed by atoms with Crippen molar-refractivity contribution in [3.8, 4) is 39.3 Å². The summed E-state index contributed by atoms with van der Waals surface area (Å²) in [5.41, 5.74) is 12.4. The predicted octanol–water partition coefficient (Wildman–Crippen LogP) is 10.5. The molecule has 0 fully saturated rings. The van der Waals surface area contributed by atoms with Crippen molar-refractivity contribution in [3.63, 3.8) is 0 Å². The number of allylic oxidation sites excluding steroid dienone is 4. The zero-order chi connectivity index (χ0) is 31.1. The summed E-state index contributed by atoms with van der Waals surface area (Å²) in [5.74, 6) is 2.39.